The molecule has 0 saturated heterocycles. The minimum Gasteiger partial charge on any atom is -0.872 e. The third-order valence-corrected chi connectivity index (χ3v) is 11.5. The number of aromatic nitrogens is 4. The Kier molecular flexibility index (Phi) is 15.3. The van der Waals surface area contributed by atoms with E-state index in [1.165, 1.54) is 24.3 Å². The number of halogens is 4. The van der Waals surface area contributed by atoms with Gasteiger partial charge in [-0.25, -0.2) is 9.97 Å². The van der Waals surface area contributed by atoms with Crippen molar-refractivity contribution in [2.24, 2.45) is 14.1 Å². The van der Waals surface area contributed by atoms with E-state index in [0.29, 0.717) is 22.3 Å². The third-order valence-electron chi connectivity index (χ3n) is 9.55. The Labute approximate surface area is 404 Å². The SMILES string of the molecule is Cn1ccnc1.Cn1ccnc1.[Hf+4].[O-]c1ccc2cc(Br)ccc2c1-c1c([O-])ccc2cc(Br)ccc12.[O-]c1ccc2cc(Br)ccc2c1-c1c([O-])ccc2cc(Br)ccc12. The predicted octanol–water partition coefficient (Wildman–Crippen LogP) is 11.5. The molecule has 8 nitrogen and oxygen atoms in total. The molecular formula is C48H32Br4HfN4O4. The summed E-state index contributed by atoms with van der Waals surface area (Å²) in [5, 5.41) is 57.3. The molecule has 0 aliphatic rings. The summed E-state index contributed by atoms with van der Waals surface area (Å²) < 4.78 is 7.51. The molecule has 61 heavy (non-hydrogen) atoms. The first-order chi connectivity index (χ1) is 28.9. The van der Waals surface area contributed by atoms with Crippen molar-refractivity contribution < 1.29 is 46.3 Å². The van der Waals surface area contributed by atoms with Gasteiger partial charge in [-0.05, 0) is 114 Å². The van der Waals surface area contributed by atoms with Gasteiger partial charge in [0.2, 0.25) is 0 Å². The van der Waals surface area contributed by atoms with E-state index in [9.17, 15) is 20.4 Å². The number of aryl methyl sites for hydroxylation is 2. The number of hydrogen-bond acceptors (Lipinski definition) is 6. The quantitative estimate of drug-likeness (QED) is 0.159. The molecule has 2 aromatic heterocycles. The summed E-state index contributed by atoms with van der Waals surface area (Å²) in [4.78, 5) is 7.57. The molecule has 0 aliphatic carbocycles. The van der Waals surface area contributed by atoms with Gasteiger partial charge in [-0.1, -0.05) is 137 Å². The van der Waals surface area contributed by atoms with Crippen molar-refractivity contribution in [2.45, 2.75) is 0 Å². The van der Waals surface area contributed by atoms with E-state index in [2.05, 4.69) is 73.7 Å². The molecule has 0 spiro atoms. The third kappa shape index (κ3) is 10.6. The normalized spacial score (nSPS) is 10.6. The molecule has 0 fully saturated rings. The number of imidazole rings is 2. The molecule has 0 unspecified atom stereocenters. The zero-order valence-corrected chi connectivity index (χ0v) is 42.4. The molecule has 10 rings (SSSR count). The van der Waals surface area contributed by atoms with Gasteiger partial charge in [0.05, 0.1) is 12.7 Å². The molecule has 0 saturated carbocycles. The topological polar surface area (TPSA) is 128 Å². The molecule has 300 valence electrons. The maximum atomic E-state index is 12.6. The summed E-state index contributed by atoms with van der Waals surface area (Å²) in [6.07, 6.45) is 10.8. The van der Waals surface area contributed by atoms with E-state index in [4.69, 9.17) is 0 Å². The van der Waals surface area contributed by atoms with Crippen LogP contribution in [0.15, 0.2) is 177 Å². The van der Waals surface area contributed by atoms with Crippen molar-refractivity contribution in [2.75, 3.05) is 0 Å². The zero-order chi connectivity index (χ0) is 42.5. The fourth-order valence-electron chi connectivity index (χ4n) is 6.81. The molecule has 0 aliphatic heterocycles. The Hall–Kier alpha value is -4.79. The van der Waals surface area contributed by atoms with E-state index in [-0.39, 0.29) is 48.8 Å². The fourth-order valence-corrected chi connectivity index (χ4v) is 8.32. The summed E-state index contributed by atoms with van der Waals surface area (Å²) in [6, 6.07) is 36.1. The van der Waals surface area contributed by atoms with Crippen LogP contribution in [0.3, 0.4) is 0 Å². The Morgan fingerprint density at radius 2 is 0.623 bits per heavy atom. The first-order valence-corrected chi connectivity index (χ1v) is 21.5. The summed E-state index contributed by atoms with van der Waals surface area (Å²) in [7, 11) is 3.88. The van der Waals surface area contributed by atoms with Crippen LogP contribution in [0.5, 0.6) is 23.0 Å². The van der Waals surface area contributed by atoms with Gasteiger partial charge in [-0.2, -0.15) is 0 Å². The first-order valence-electron chi connectivity index (χ1n) is 18.3. The van der Waals surface area contributed by atoms with E-state index >= 15 is 0 Å². The van der Waals surface area contributed by atoms with Crippen LogP contribution in [-0.4, -0.2) is 19.1 Å². The summed E-state index contributed by atoms with van der Waals surface area (Å²) in [5.74, 6) is -0.565. The van der Waals surface area contributed by atoms with E-state index < -0.39 is 0 Å². The van der Waals surface area contributed by atoms with Crippen LogP contribution in [0.1, 0.15) is 0 Å². The number of fused-ring (bicyclic) bond motifs is 4. The zero-order valence-electron chi connectivity index (χ0n) is 32.4. The van der Waals surface area contributed by atoms with Crippen LogP contribution < -0.4 is 20.4 Å². The van der Waals surface area contributed by atoms with Gasteiger partial charge in [0.15, 0.2) is 0 Å². The Balaban J connectivity index is 0.000000158. The summed E-state index contributed by atoms with van der Waals surface area (Å²) >= 11 is 13.8. The van der Waals surface area contributed by atoms with Crippen molar-refractivity contribution in [1.29, 1.82) is 0 Å². The van der Waals surface area contributed by atoms with Crippen molar-refractivity contribution in [1.82, 2.24) is 19.1 Å². The van der Waals surface area contributed by atoms with Crippen molar-refractivity contribution >= 4 is 107 Å². The maximum absolute atomic E-state index is 12.6. The van der Waals surface area contributed by atoms with Crippen LogP contribution in [0.4, 0.5) is 0 Å². The molecule has 0 atom stereocenters. The Bertz CT molecular complexity index is 2740. The molecule has 0 N–H and O–H groups in total. The van der Waals surface area contributed by atoms with Crippen LogP contribution in [0.2, 0.25) is 0 Å². The van der Waals surface area contributed by atoms with Crippen LogP contribution >= 0.6 is 63.7 Å². The van der Waals surface area contributed by atoms with Gasteiger partial charge >= 0.3 is 25.8 Å². The van der Waals surface area contributed by atoms with Gasteiger partial charge in [0.25, 0.3) is 0 Å². The maximum Gasteiger partial charge on any atom is 4.00 e. The largest absolute Gasteiger partial charge is 4.00 e. The smallest absolute Gasteiger partial charge is 0.872 e. The molecule has 13 heteroatoms. The Morgan fingerprint density at radius 3 is 0.803 bits per heavy atom. The molecule has 0 amide bonds. The molecule has 8 aromatic carbocycles. The second kappa shape index (κ2) is 20.4. The average Bonchev–Trinajstić information content (AvgIpc) is 3.93. The molecular weight excluding hydrogens is 1190 g/mol. The minimum absolute atomic E-state index is 0. The number of rotatable bonds is 2. The second-order valence-corrected chi connectivity index (χ2v) is 17.3. The fraction of sp³-hybridized carbons (Fsp3) is 0.0417. The number of benzene rings is 8. The average molecular weight is 1230 g/mol. The van der Waals surface area contributed by atoms with E-state index in [0.717, 1.165) is 61.0 Å². The Morgan fingerprint density at radius 1 is 0.377 bits per heavy atom. The van der Waals surface area contributed by atoms with Crippen LogP contribution in [0, 0.1) is 0 Å². The van der Waals surface area contributed by atoms with Gasteiger partial charge in [-0.3, -0.25) is 0 Å². The van der Waals surface area contributed by atoms with Gasteiger partial charge < -0.3 is 29.6 Å². The molecule has 2 heterocycles. The van der Waals surface area contributed by atoms with Crippen LogP contribution in [-0.2, 0) is 39.9 Å². The van der Waals surface area contributed by atoms with E-state index in [1.54, 1.807) is 49.3 Å². The standard InChI is InChI=1S/2C20H12Br2O2.2C4H6N2.Hf/c2*21-13-3-5-15-11(9-13)1-7-17(23)19(15)20-16-6-4-14(22)10-12(16)2-8-18(20)24;2*1-6-3-2-5-4-6;/h2*1-10,23-24H;2*2-4H,1H3;/q;;;;+4/p-4. The minimum atomic E-state index is -0.141. The number of nitrogens with zero attached hydrogens (tertiary/aromatic N) is 4. The molecule has 10 aromatic rings. The van der Waals surface area contributed by atoms with Crippen molar-refractivity contribution in [3.63, 3.8) is 0 Å². The van der Waals surface area contributed by atoms with Gasteiger partial charge in [0, 0.05) is 56.8 Å². The van der Waals surface area contributed by atoms with Gasteiger partial charge in [0.1, 0.15) is 0 Å². The first kappa shape index (κ1) is 45.7. The van der Waals surface area contributed by atoms with Gasteiger partial charge in [-0.15, -0.1) is 23.0 Å². The predicted molar refractivity (Wildman–Crippen MR) is 249 cm³/mol. The number of hydrogen-bond donors (Lipinski definition) is 0. The second-order valence-electron chi connectivity index (χ2n) is 13.7. The summed E-state index contributed by atoms with van der Waals surface area (Å²) in [6.45, 7) is 0. The van der Waals surface area contributed by atoms with Crippen molar-refractivity contribution in [3.8, 4) is 45.3 Å². The van der Waals surface area contributed by atoms with E-state index in [1.807, 2.05) is 108 Å². The summed E-state index contributed by atoms with van der Waals surface area (Å²) in [5.41, 5.74) is 1.88. The monoisotopic (exact) mass is 1220 g/mol. The van der Waals surface area contributed by atoms with Crippen molar-refractivity contribution in [3.05, 3.63) is 177 Å². The molecule has 0 bridgehead atoms. The molecule has 0 radical (unpaired) electrons. The van der Waals surface area contributed by atoms with Crippen LogP contribution in [0.25, 0.3) is 65.3 Å².